The molecule has 2 aromatic rings. The predicted molar refractivity (Wildman–Crippen MR) is 109 cm³/mol. The summed E-state index contributed by atoms with van der Waals surface area (Å²) in [5.74, 6) is -0.226. The van der Waals surface area contributed by atoms with E-state index in [4.69, 9.17) is 0 Å². The summed E-state index contributed by atoms with van der Waals surface area (Å²) >= 11 is 3.38. The standard InChI is InChI=1S/C21H23BrN2O/c1-2-3-5-12-18(15-17-10-6-4-7-11-17)16-23-24-21(25)19-13-8-9-14-20(19)22/h4,6-11,13-16H,2-3,5,12H2,1H3,(H,24,25)/b18-15+,23-16-. The molecule has 3 nitrogen and oxygen atoms in total. The summed E-state index contributed by atoms with van der Waals surface area (Å²) in [7, 11) is 0. The SMILES string of the molecule is CCCCCC(/C=N\NC(=O)c1ccccc1Br)=C\c1ccccc1. The number of carbonyl (C=O) groups is 1. The van der Waals surface area contributed by atoms with Gasteiger partial charge in [0.05, 0.1) is 11.8 Å². The van der Waals surface area contributed by atoms with Crippen LogP contribution in [0.5, 0.6) is 0 Å². The molecule has 0 saturated heterocycles. The second-order valence-electron chi connectivity index (χ2n) is 5.77. The summed E-state index contributed by atoms with van der Waals surface area (Å²) in [4.78, 5) is 12.2. The summed E-state index contributed by atoms with van der Waals surface area (Å²) in [5.41, 5.74) is 5.42. The summed E-state index contributed by atoms with van der Waals surface area (Å²) in [6.45, 7) is 2.19. The van der Waals surface area contributed by atoms with Gasteiger partial charge in [-0.05, 0) is 52.0 Å². The molecule has 0 aliphatic heterocycles. The number of allylic oxidation sites excluding steroid dienone is 1. The highest BCUT2D eigenvalue weighted by Crippen LogP contribution is 2.16. The fraction of sp³-hybridized carbons (Fsp3) is 0.238. The molecule has 4 heteroatoms. The van der Waals surface area contributed by atoms with Gasteiger partial charge in [0.1, 0.15) is 0 Å². The van der Waals surface area contributed by atoms with Gasteiger partial charge < -0.3 is 0 Å². The van der Waals surface area contributed by atoms with E-state index < -0.39 is 0 Å². The van der Waals surface area contributed by atoms with E-state index in [2.05, 4.69) is 51.6 Å². The average molecular weight is 399 g/mol. The molecule has 0 radical (unpaired) electrons. The number of rotatable bonds is 8. The molecule has 2 rings (SSSR count). The molecule has 0 bridgehead atoms. The van der Waals surface area contributed by atoms with E-state index >= 15 is 0 Å². The van der Waals surface area contributed by atoms with Crippen LogP contribution in [0.2, 0.25) is 0 Å². The second kappa shape index (κ2) is 10.6. The van der Waals surface area contributed by atoms with Crippen molar-refractivity contribution in [3.05, 3.63) is 75.8 Å². The number of nitrogens with one attached hydrogen (secondary N) is 1. The first-order chi connectivity index (χ1) is 12.2. The molecular formula is C21H23BrN2O. The van der Waals surface area contributed by atoms with Crippen molar-refractivity contribution in [3.63, 3.8) is 0 Å². The lowest BCUT2D eigenvalue weighted by atomic mass is 10.1. The van der Waals surface area contributed by atoms with Crippen LogP contribution in [0.25, 0.3) is 6.08 Å². The first-order valence-electron chi connectivity index (χ1n) is 8.54. The van der Waals surface area contributed by atoms with E-state index in [1.165, 1.54) is 12.8 Å². The molecule has 0 fully saturated rings. The number of hydrazone groups is 1. The van der Waals surface area contributed by atoms with E-state index in [0.717, 1.165) is 28.5 Å². The van der Waals surface area contributed by atoms with Gasteiger partial charge in [-0.3, -0.25) is 4.79 Å². The molecule has 0 unspecified atom stereocenters. The van der Waals surface area contributed by atoms with Crippen molar-refractivity contribution < 1.29 is 4.79 Å². The molecule has 25 heavy (non-hydrogen) atoms. The maximum Gasteiger partial charge on any atom is 0.272 e. The van der Waals surface area contributed by atoms with Crippen LogP contribution in [-0.4, -0.2) is 12.1 Å². The zero-order valence-electron chi connectivity index (χ0n) is 14.4. The molecule has 0 heterocycles. The minimum atomic E-state index is -0.226. The third kappa shape index (κ3) is 6.67. The molecule has 1 N–H and O–H groups in total. The fourth-order valence-corrected chi connectivity index (χ4v) is 2.86. The zero-order chi connectivity index (χ0) is 17.9. The molecule has 130 valence electrons. The highest BCUT2D eigenvalue weighted by Gasteiger charge is 2.07. The second-order valence-corrected chi connectivity index (χ2v) is 6.62. The van der Waals surface area contributed by atoms with Crippen LogP contribution in [0.4, 0.5) is 0 Å². The Balaban J connectivity index is 2.05. The van der Waals surface area contributed by atoms with Gasteiger partial charge in [-0.2, -0.15) is 5.10 Å². The lowest BCUT2D eigenvalue weighted by Gasteiger charge is -2.04. The Morgan fingerprint density at radius 2 is 1.80 bits per heavy atom. The number of amides is 1. The number of halogens is 1. The van der Waals surface area contributed by atoms with Gasteiger partial charge in [-0.25, -0.2) is 5.43 Å². The summed E-state index contributed by atoms with van der Waals surface area (Å²) in [5, 5.41) is 4.15. The van der Waals surface area contributed by atoms with Crippen LogP contribution in [-0.2, 0) is 0 Å². The lowest BCUT2D eigenvalue weighted by Crippen LogP contribution is -2.18. The van der Waals surface area contributed by atoms with Gasteiger partial charge in [0.25, 0.3) is 5.91 Å². The van der Waals surface area contributed by atoms with Crippen molar-refractivity contribution in [3.8, 4) is 0 Å². The molecule has 0 aliphatic rings. The van der Waals surface area contributed by atoms with Gasteiger partial charge in [0.15, 0.2) is 0 Å². The molecule has 0 atom stereocenters. The van der Waals surface area contributed by atoms with E-state index in [1.54, 1.807) is 12.3 Å². The maximum absolute atomic E-state index is 12.2. The summed E-state index contributed by atoms with van der Waals surface area (Å²) < 4.78 is 0.755. The Kier molecular flexibility index (Phi) is 8.13. The van der Waals surface area contributed by atoms with Crippen molar-refractivity contribution in [1.82, 2.24) is 5.43 Å². The van der Waals surface area contributed by atoms with Crippen molar-refractivity contribution in [1.29, 1.82) is 0 Å². The summed E-state index contributed by atoms with van der Waals surface area (Å²) in [6.07, 6.45) is 8.27. The van der Waals surface area contributed by atoms with Gasteiger partial charge in [0.2, 0.25) is 0 Å². The predicted octanol–water partition coefficient (Wildman–Crippen LogP) is 5.83. The number of nitrogens with zero attached hydrogens (tertiary/aromatic N) is 1. The van der Waals surface area contributed by atoms with Crippen LogP contribution in [0.3, 0.4) is 0 Å². The lowest BCUT2D eigenvalue weighted by molar-refractivity contribution is 0.0954. The Morgan fingerprint density at radius 3 is 2.52 bits per heavy atom. The van der Waals surface area contributed by atoms with Crippen LogP contribution < -0.4 is 5.43 Å². The van der Waals surface area contributed by atoms with E-state index in [1.807, 2.05) is 36.4 Å². The number of unbranched alkanes of at least 4 members (excludes halogenated alkanes) is 2. The van der Waals surface area contributed by atoms with E-state index in [0.29, 0.717) is 5.56 Å². The van der Waals surface area contributed by atoms with Crippen molar-refractivity contribution in [2.24, 2.45) is 5.10 Å². The van der Waals surface area contributed by atoms with Gasteiger partial charge >= 0.3 is 0 Å². The van der Waals surface area contributed by atoms with Crippen LogP contribution in [0.15, 0.2) is 69.7 Å². The van der Waals surface area contributed by atoms with Crippen LogP contribution >= 0.6 is 15.9 Å². The Labute approximate surface area is 158 Å². The fourth-order valence-electron chi connectivity index (χ4n) is 2.40. The van der Waals surface area contributed by atoms with E-state index in [-0.39, 0.29) is 5.91 Å². The Morgan fingerprint density at radius 1 is 1.08 bits per heavy atom. The van der Waals surface area contributed by atoms with Crippen molar-refractivity contribution in [2.75, 3.05) is 0 Å². The van der Waals surface area contributed by atoms with Gasteiger partial charge in [0, 0.05) is 4.47 Å². The number of hydrogen-bond donors (Lipinski definition) is 1. The molecule has 0 aliphatic carbocycles. The third-order valence-corrected chi connectivity index (χ3v) is 4.43. The highest BCUT2D eigenvalue weighted by atomic mass is 79.9. The Bertz CT molecular complexity index is 739. The molecule has 0 saturated carbocycles. The average Bonchev–Trinajstić information content (AvgIpc) is 2.63. The minimum absolute atomic E-state index is 0.226. The number of carbonyl (C=O) groups excluding carboxylic acids is 1. The smallest absolute Gasteiger partial charge is 0.267 e. The third-order valence-electron chi connectivity index (χ3n) is 3.74. The first-order valence-corrected chi connectivity index (χ1v) is 9.33. The highest BCUT2D eigenvalue weighted by molar-refractivity contribution is 9.10. The van der Waals surface area contributed by atoms with Crippen molar-refractivity contribution in [2.45, 2.75) is 32.6 Å². The topological polar surface area (TPSA) is 41.5 Å². The van der Waals surface area contributed by atoms with Crippen LogP contribution in [0, 0.1) is 0 Å². The van der Waals surface area contributed by atoms with Crippen molar-refractivity contribution >= 4 is 34.1 Å². The van der Waals surface area contributed by atoms with Gasteiger partial charge in [-0.1, -0.05) is 68.3 Å². The van der Waals surface area contributed by atoms with Gasteiger partial charge in [-0.15, -0.1) is 0 Å². The first kappa shape index (κ1) is 19.1. The zero-order valence-corrected chi connectivity index (χ0v) is 16.0. The minimum Gasteiger partial charge on any atom is -0.267 e. The Hall–Kier alpha value is -2.20. The largest absolute Gasteiger partial charge is 0.272 e. The number of benzene rings is 2. The maximum atomic E-state index is 12.2. The molecule has 1 amide bonds. The monoisotopic (exact) mass is 398 g/mol. The molecular weight excluding hydrogens is 376 g/mol. The van der Waals surface area contributed by atoms with E-state index in [9.17, 15) is 4.79 Å². The van der Waals surface area contributed by atoms with Crippen LogP contribution in [0.1, 0.15) is 48.5 Å². The summed E-state index contributed by atoms with van der Waals surface area (Å²) in [6, 6.07) is 17.5. The molecule has 0 spiro atoms. The normalized spacial score (nSPS) is 11.7. The molecule has 2 aromatic carbocycles. The molecule has 0 aromatic heterocycles. The quantitative estimate of drug-likeness (QED) is 0.339. The number of hydrogen-bond acceptors (Lipinski definition) is 2.